The van der Waals surface area contributed by atoms with E-state index in [0.717, 1.165) is 22.7 Å². The van der Waals surface area contributed by atoms with Gasteiger partial charge >= 0.3 is 0 Å². The van der Waals surface area contributed by atoms with E-state index in [2.05, 4.69) is 5.10 Å². The Morgan fingerprint density at radius 2 is 1.91 bits per heavy atom. The number of para-hydroxylation sites is 2. The van der Waals surface area contributed by atoms with E-state index < -0.39 is 12.0 Å². The van der Waals surface area contributed by atoms with Crippen LogP contribution in [0.5, 0.6) is 11.5 Å². The van der Waals surface area contributed by atoms with Crippen molar-refractivity contribution in [3.63, 3.8) is 0 Å². The van der Waals surface area contributed by atoms with E-state index in [1.54, 1.807) is 36.5 Å². The van der Waals surface area contributed by atoms with Crippen molar-refractivity contribution in [3.05, 3.63) is 78.3 Å². The van der Waals surface area contributed by atoms with Crippen molar-refractivity contribution in [3.8, 4) is 11.5 Å². The zero-order valence-corrected chi connectivity index (χ0v) is 18.6. The molecule has 2 amide bonds. The van der Waals surface area contributed by atoms with Crippen LogP contribution in [0, 0.1) is 0 Å². The van der Waals surface area contributed by atoms with Crippen molar-refractivity contribution < 1.29 is 23.5 Å². The summed E-state index contributed by atoms with van der Waals surface area (Å²) in [5.41, 5.74) is 7.90. The van der Waals surface area contributed by atoms with Crippen LogP contribution in [0.25, 0.3) is 0 Å². The van der Waals surface area contributed by atoms with Crippen LogP contribution in [-0.4, -0.2) is 48.8 Å². The zero-order valence-electron chi connectivity index (χ0n) is 18.6. The number of benzene rings is 2. The van der Waals surface area contributed by atoms with Gasteiger partial charge in [0.2, 0.25) is 0 Å². The molecule has 1 aromatic heterocycles. The van der Waals surface area contributed by atoms with Crippen LogP contribution in [0.4, 0.5) is 5.69 Å². The molecule has 0 fully saturated rings. The highest BCUT2D eigenvalue weighted by molar-refractivity contribution is 6.03. The number of carbonyl (C=O) groups is 2. The molecule has 0 radical (unpaired) electrons. The number of nitrogens with two attached hydrogens (primary N) is 1. The Morgan fingerprint density at radius 3 is 2.62 bits per heavy atom. The topological polar surface area (TPSA) is 111 Å². The Morgan fingerprint density at radius 1 is 1.12 bits per heavy atom. The SMILES string of the molecule is COc1ccc(C2=NN(C(=O)CN3C[C@@H](C(N)=O)Oc4ccccc43)[C@H](c3ccco3)C2)cc1. The number of amides is 2. The molecule has 3 aromatic rings. The molecule has 2 aromatic carbocycles. The van der Waals surface area contributed by atoms with Gasteiger partial charge in [0.25, 0.3) is 11.8 Å². The number of fused-ring (bicyclic) bond motifs is 1. The van der Waals surface area contributed by atoms with E-state index in [4.69, 9.17) is 19.6 Å². The maximum Gasteiger partial charge on any atom is 0.262 e. The van der Waals surface area contributed by atoms with Crippen molar-refractivity contribution in [2.45, 2.75) is 18.6 Å². The van der Waals surface area contributed by atoms with Gasteiger partial charge in [-0.05, 0) is 54.1 Å². The number of hydrogen-bond donors (Lipinski definition) is 1. The number of hydrazone groups is 1. The van der Waals surface area contributed by atoms with Gasteiger partial charge in [0.15, 0.2) is 6.10 Å². The van der Waals surface area contributed by atoms with Crippen LogP contribution in [0.1, 0.15) is 23.8 Å². The Kier molecular flexibility index (Phi) is 5.67. The molecule has 0 saturated heterocycles. The number of hydrogen-bond acceptors (Lipinski definition) is 7. The van der Waals surface area contributed by atoms with Crippen molar-refractivity contribution in [2.75, 3.05) is 25.1 Å². The van der Waals surface area contributed by atoms with Gasteiger partial charge in [-0.15, -0.1) is 0 Å². The van der Waals surface area contributed by atoms with Gasteiger partial charge in [-0.1, -0.05) is 12.1 Å². The molecule has 9 heteroatoms. The molecule has 3 heterocycles. The number of carbonyl (C=O) groups excluding carboxylic acids is 2. The van der Waals surface area contributed by atoms with Crippen molar-refractivity contribution in [2.24, 2.45) is 10.8 Å². The lowest BCUT2D eigenvalue weighted by atomic mass is 10.0. The molecule has 0 unspecified atom stereocenters. The third-order valence-corrected chi connectivity index (χ3v) is 5.97. The second-order valence-electron chi connectivity index (χ2n) is 8.11. The Balaban J connectivity index is 1.43. The van der Waals surface area contributed by atoms with Crippen molar-refractivity contribution >= 4 is 23.2 Å². The second kappa shape index (κ2) is 8.93. The normalized spacial score (nSPS) is 19.3. The Hall–Kier alpha value is -4.27. The van der Waals surface area contributed by atoms with Crippen LogP contribution < -0.4 is 20.1 Å². The van der Waals surface area contributed by atoms with E-state index in [9.17, 15) is 9.59 Å². The van der Waals surface area contributed by atoms with Gasteiger partial charge in [0.05, 0.1) is 37.9 Å². The first kappa shape index (κ1) is 21.6. The fourth-order valence-electron chi connectivity index (χ4n) is 4.24. The van der Waals surface area contributed by atoms with E-state index in [1.165, 1.54) is 5.01 Å². The fraction of sp³-hybridized carbons (Fsp3) is 0.240. The third kappa shape index (κ3) is 4.07. The smallest absolute Gasteiger partial charge is 0.262 e. The highest BCUT2D eigenvalue weighted by Gasteiger charge is 2.37. The first-order valence-electron chi connectivity index (χ1n) is 10.9. The van der Waals surface area contributed by atoms with Gasteiger partial charge in [-0.3, -0.25) is 9.59 Å². The van der Waals surface area contributed by atoms with Crippen LogP contribution >= 0.6 is 0 Å². The summed E-state index contributed by atoms with van der Waals surface area (Å²) in [5, 5.41) is 6.14. The molecule has 2 aliphatic heterocycles. The van der Waals surface area contributed by atoms with E-state index in [1.807, 2.05) is 42.5 Å². The predicted molar refractivity (Wildman–Crippen MR) is 125 cm³/mol. The van der Waals surface area contributed by atoms with Gasteiger partial charge in [-0.25, -0.2) is 5.01 Å². The number of ether oxygens (including phenoxy) is 2. The second-order valence-corrected chi connectivity index (χ2v) is 8.11. The molecule has 5 rings (SSSR count). The van der Waals surface area contributed by atoms with E-state index >= 15 is 0 Å². The van der Waals surface area contributed by atoms with Crippen LogP contribution in [0.3, 0.4) is 0 Å². The lowest BCUT2D eigenvalue weighted by Crippen LogP contribution is -2.50. The van der Waals surface area contributed by atoms with Gasteiger partial charge in [-0.2, -0.15) is 5.10 Å². The Bertz CT molecular complexity index is 1220. The Labute approximate surface area is 196 Å². The summed E-state index contributed by atoms with van der Waals surface area (Å²) >= 11 is 0. The maximum atomic E-state index is 13.5. The standard InChI is InChI=1S/C25H24N4O5/c1-32-17-10-8-16(9-11-17)18-13-20(21-7-4-12-33-21)29(27-18)24(30)15-28-14-23(25(26)31)34-22-6-3-2-5-19(22)28/h2-12,20,23H,13-15H2,1H3,(H2,26,31)/t20-,23-/m0/s1. The molecule has 174 valence electrons. The number of nitrogens with zero attached hydrogens (tertiary/aromatic N) is 3. The first-order valence-corrected chi connectivity index (χ1v) is 10.9. The molecule has 0 bridgehead atoms. The molecule has 34 heavy (non-hydrogen) atoms. The lowest BCUT2D eigenvalue weighted by molar-refractivity contribution is -0.132. The molecule has 0 spiro atoms. The fourth-order valence-corrected chi connectivity index (χ4v) is 4.24. The summed E-state index contributed by atoms with van der Waals surface area (Å²) in [5.74, 6) is 1.09. The first-order chi connectivity index (χ1) is 16.5. The monoisotopic (exact) mass is 460 g/mol. The average molecular weight is 460 g/mol. The maximum absolute atomic E-state index is 13.5. The summed E-state index contributed by atoms with van der Waals surface area (Å²) in [4.78, 5) is 27.2. The lowest BCUT2D eigenvalue weighted by Gasteiger charge is -2.35. The summed E-state index contributed by atoms with van der Waals surface area (Å²) in [7, 11) is 1.61. The minimum absolute atomic E-state index is 0.000748. The molecular formula is C25H24N4O5. The predicted octanol–water partition coefficient (Wildman–Crippen LogP) is 2.72. The minimum atomic E-state index is -0.847. The minimum Gasteiger partial charge on any atom is -0.497 e. The quantitative estimate of drug-likeness (QED) is 0.606. The molecular weight excluding hydrogens is 436 g/mol. The summed E-state index contributed by atoms with van der Waals surface area (Å²) < 4.78 is 16.6. The van der Waals surface area contributed by atoms with Crippen LogP contribution in [0.2, 0.25) is 0 Å². The van der Waals surface area contributed by atoms with Gasteiger partial charge in [0, 0.05) is 6.42 Å². The summed E-state index contributed by atoms with van der Waals surface area (Å²) in [6, 6.07) is 18.1. The van der Waals surface area contributed by atoms with Crippen molar-refractivity contribution in [1.29, 1.82) is 0 Å². The van der Waals surface area contributed by atoms with E-state index in [0.29, 0.717) is 17.9 Å². The number of furan rings is 1. The van der Waals surface area contributed by atoms with Gasteiger partial charge < -0.3 is 24.5 Å². The number of methoxy groups -OCH3 is 1. The molecule has 0 aliphatic carbocycles. The average Bonchev–Trinajstić information content (AvgIpc) is 3.54. The molecule has 0 saturated carbocycles. The molecule has 2 N–H and O–H groups in total. The zero-order chi connectivity index (χ0) is 23.7. The largest absolute Gasteiger partial charge is 0.497 e. The van der Waals surface area contributed by atoms with Crippen LogP contribution in [-0.2, 0) is 9.59 Å². The number of primary amides is 1. The van der Waals surface area contributed by atoms with Gasteiger partial charge in [0.1, 0.15) is 23.3 Å². The molecule has 9 nitrogen and oxygen atoms in total. The summed E-state index contributed by atoms with van der Waals surface area (Å²) in [6.45, 7) is 0.174. The third-order valence-electron chi connectivity index (χ3n) is 5.97. The highest BCUT2D eigenvalue weighted by atomic mass is 16.5. The van der Waals surface area contributed by atoms with E-state index in [-0.39, 0.29) is 25.0 Å². The highest BCUT2D eigenvalue weighted by Crippen LogP contribution is 2.36. The van der Waals surface area contributed by atoms with Crippen LogP contribution in [0.15, 0.2) is 76.4 Å². The van der Waals surface area contributed by atoms with Crippen molar-refractivity contribution in [1.82, 2.24) is 5.01 Å². The number of anilines is 1. The summed E-state index contributed by atoms with van der Waals surface area (Å²) in [6.07, 6.45) is 1.24. The molecule has 2 atom stereocenters. The number of rotatable bonds is 6. The molecule has 2 aliphatic rings.